The highest BCUT2D eigenvalue weighted by molar-refractivity contribution is 6.99. The van der Waals surface area contributed by atoms with Gasteiger partial charge in [-0.3, -0.25) is 4.79 Å². The Bertz CT molecular complexity index is 859. The second kappa shape index (κ2) is 7.90. The first kappa shape index (κ1) is 17.1. The maximum Gasteiger partial charge on any atom is 0.255 e. The third kappa shape index (κ3) is 4.42. The number of nitrogens with one attached hydrogen (secondary N) is 1. The van der Waals surface area contributed by atoms with Crippen LogP contribution in [0.3, 0.4) is 0 Å². The van der Waals surface area contributed by atoms with Crippen LogP contribution in [0.4, 0.5) is 5.69 Å². The molecule has 1 heterocycles. The molecule has 1 aromatic heterocycles. The number of amides is 1. The number of nitrogens with zero attached hydrogens (tertiary/aromatic N) is 2. The highest BCUT2D eigenvalue weighted by atomic mass is 32.1. The van der Waals surface area contributed by atoms with Gasteiger partial charge in [-0.25, -0.2) is 0 Å². The zero-order chi connectivity index (χ0) is 17.6. The number of hydrogen-bond donors (Lipinski definition) is 1. The molecule has 128 valence electrons. The summed E-state index contributed by atoms with van der Waals surface area (Å²) in [4.78, 5) is 12.4. The van der Waals surface area contributed by atoms with Crippen molar-refractivity contribution in [1.29, 1.82) is 0 Å². The monoisotopic (exact) mass is 353 g/mol. The molecule has 0 bridgehead atoms. The molecule has 3 aromatic rings. The van der Waals surface area contributed by atoms with E-state index in [0.29, 0.717) is 17.9 Å². The lowest BCUT2D eigenvalue weighted by atomic mass is 10.1. The molecule has 25 heavy (non-hydrogen) atoms. The number of aromatic nitrogens is 2. The highest BCUT2D eigenvalue weighted by Crippen LogP contribution is 2.18. The van der Waals surface area contributed by atoms with Crippen molar-refractivity contribution in [3.8, 4) is 5.75 Å². The zero-order valence-corrected chi connectivity index (χ0v) is 15.0. The van der Waals surface area contributed by atoms with E-state index in [0.717, 1.165) is 23.5 Å². The van der Waals surface area contributed by atoms with Crippen LogP contribution >= 0.6 is 11.7 Å². The van der Waals surface area contributed by atoms with Gasteiger partial charge in [0.15, 0.2) is 0 Å². The molecule has 0 fully saturated rings. The number of ether oxygens (including phenoxy) is 1. The highest BCUT2D eigenvalue weighted by Gasteiger charge is 2.09. The van der Waals surface area contributed by atoms with Gasteiger partial charge in [-0.2, -0.15) is 8.75 Å². The van der Waals surface area contributed by atoms with Crippen LogP contribution < -0.4 is 10.1 Å². The van der Waals surface area contributed by atoms with Gasteiger partial charge in [-0.15, -0.1) is 0 Å². The van der Waals surface area contributed by atoms with Crippen LogP contribution in [0.1, 0.15) is 34.2 Å². The molecular weight excluding hydrogens is 334 g/mol. The summed E-state index contributed by atoms with van der Waals surface area (Å²) in [5, 5.41) is 2.90. The summed E-state index contributed by atoms with van der Waals surface area (Å²) in [6, 6.07) is 15.0. The first-order chi connectivity index (χ1) is 12.2. The summed E-state index contributed by atoms with van der Waals surface area (Å²) in [5.41, 5.74) is 4.24. The van der Waals surface area contributed by atoms with Gasteiger partial charge < -0.3 is 10.1 Å². The topological polar surface area (TPSA) is 64.1 Å². The van der Waals surface area contributed by atoms with E-state index in [1.54, 1.807) is 18.2 Å². The number of anilines is 1. The molecule has 0 saturated carbocycles. The van der Waals surface area contributed by atoms with E-state index in [-0.39, 0.29) is 5.91 Å². The molecule has 3 rings (SSSR count). The van der Waals surface area contributed by atoms with Crippen LogP contribution in [0.2, 0.25) is 0 Å². The molecular formula is C19H19N3O2S. The first-order valence-corrected chi connectivity index (χ1v) is 8.80. The molecule has 0 aliphatic rings. The largest absolute Gasteiger partial charge is 0.487 e. The molecule has 0 aliphatic carbocycles. The Morgan fingerprint density at radius 3 is 2.64 bits per heavy atom. The minimum Gasteiger partial charge on any atom is -0.487 e. The Morgan fingerprint density at radius 1 is 1.16 bits per heavy atom. The molecule has 1 N–H and O–H groups in total. The fourth-order valence-electron chi connectivity index (χ4n) is 2.29. The summed E-state index contributed by atoms with van der Waals surface area (Å²) >= 11 is 1.17. The van der Waals surface area contributed by atoms with E-state index in [1.807, 2.05) is 37.3 Å². The van der Waals surface area contributed by atoms with E-state index in [1.165, 1.54) is 17.3 Å². The molecule has 5 nitrogen and oxygen atoms in total. The molecule has 1 amide bonds. The van der Waals surface area contributed by atoms with E-state index < -0.39 is 0 Å². The minimum absolute atomic E-state index is 0.166. The summed E-state index contributed by atoms with van der Waals surface area (Å²) in [6.45, 7) is 4.34. The summed E-state index contributed by atoms with van der Waals surface area (Å²) in [5.74, 6) is 0.461. The lowest BCUT2D eigenvalue weighted by Crippen LogP contribution is -2.12. The fraction of sp³-hybridized carbons (Fsp3) is 0.211. The van der Waals surface area contributed by atoms with Gasteiger partial charge in [-0.05, 0) is 49.2 Å². The van der Waals surface area contributed by atoms with Gasteiger partial charge in [0.05, 0.1) is 17.4 Å². The Hall–Kier alpha value is -2.73. The van der Waals surface area contributed by atoms with Gasteiger partial charge in [0.1, 0.15) is 18.1 Å². The molecule has 2 aromatic carbocycles. The smallest absolute Gasteiger partial charge is 0.255 e. The second-order valence-electron chi connectivity index (χ2n) is 5.62. The average Bonchev–Trinajstić information content (AvgIpc) is 3.06. The van der Waals surface area contributed by atoms with E-state index >= 15 is 0 Å². The van der Waals surface area contributed by atoms with Crippen molar-refractivity contribution in [2.75, 3.05) is 5.32 Å². The van der Waals surface area contributed by atoms with Gasteiger partial charge in [0, 0.05) is 11.3 Å². The third-order valence-corrected chi connectivity index (χ3v) is 4.50. The minimum atomic E-state index is -0.166. The third-order valence-electron chi connectivity index (χ3n) is 3.84. The number of benzene rings is 2. The molecule has 6 heteroatoms. The van der Waals surface area contributed by atoms with Crippen molar-refractivity contribution in [1.82, 2.24) is 8.75 Å². The Kier molecular flexibility index (Phi) is 5.40. The van der Waals surface area contributed by atoms with Crippen molar-refractivity contribution in [3.63, 3.8) is 0 Å². The fourth-order valence-corrected chi connectivity index (χ4v) is 2.84. The van der Waals surface area contributed by atoms with Gasteiger partial charge >= 0.3 is 0 Å². The molecule has 0 radical (unpaired) electrons. The molecule has 0 atom stereocenters. The Labute approximate surface area is 151 Å². The summed E-state index contributed by atoms with van der Waals surface area (Å²) < 4.78 is 14.0. The Morgan fingerprint density at radius 2 is 1.96 bits per heavy atom. The van der Waals surface area contributed by atoms with Crippen molar-refractivity contribution in [2.24, 2.45) is 0 Å². The van der Waals surface area contributed by atoms with Crippen LogP contribution in [0, 0.1) is 6.92 Å². The molecule has 0 aliphatic heterocycles. The first-order valence-electron chi connectivity index (χ1n) is 8.07. The van der Waals surface area contributed by atoms with Gasteiger partial charge in [-0.1, -0.05) is 25.1 Å². The lowest BCUT2D eigenvalue weighted by molar-refractivity contribution is 0.102. The van der Waals surface area contributed by atoms with Crippen molar-refractivity contribution >= 4 is 23.3 Å². The summed E-state index contributed by atoms with van der Waals surface area (Å²) in [6.07, 6.45) is 0.974. The van der Waals surface area contributed by atoms with Crippen LogP contribution in [0.25, 0.3) is 0 Å². The van der Waals surface area contributed by atoms with Gasteiger partial charge in [0.25, 0.3) is 5.91 Å². The van der Waals surface area contributed by atoms with E-state index in [2.05, 4.69) is 21.0 Å². The van der Waals surface area contributed by atoms with Crippen molar-refractivity contribution in [3.05, 3.63) is 71.0 Å². The zero-order valence-electron chi connectivity index (χ0n) is 14.2. The normalized spacial score (nSPS) is 10.5. The predicted molar refractivity (Wildman–Crippen MR) is 99.2 cm³/mol. The number of rotatable bonds is 6. The average molecular weight is 353 g/mol. The van der Waals surface area contributed by atoms with Crippen molar-refractivity contribution in [2.45, 2.75) is 26.9 Å². The van der Waals surface area contributed by atoms with Crippen molar-refractivity contribution < 1.29 is 9.53 Å². The molecule has 0 unspecified atom stereocenters. The molecule has 0 saturated heterocycles. The maximum absolute atomic E-state index is 12.4. The number of carbonyl (C=O) groups excluding carboxylic acids is 1. The standard InChI is InChI=1S/C19H19N3O2S/c1-3-14-7-9-16(10-8-14)20-19(23)15-5-4-6-17(11-15)24-12-18-13(2)21-25-22-18/h4-11H,3,12H2,1-2H3,(H,20,23). The quantitative estimate of drug-likeness (QED) is 0.720. The van der Waals surface area contributed by atoms with Crippen LogP contribution in [0.15, 0.2) is 48.5 Å². The lowest BCUT2D eigenvalue weighted by Gasteiger charge is -2.09. The number of aryl methyl sites for hydroxylation is 2. The van der Waals surface area contributed by atoms with Crippen LogP contribution in [-0.2, 0) is 13.0 Å². The van der Waals surface area contributed by atoms with E-state index in [9.17, 15) is 4.79 Å². The maximum atomic E-state index is 12.4. The number of carbonyl (C=O) groups is 1. The summed E-state index contributed by atoms with van der Waals surface area (Å²) in [7, 11) is 0. The number of hydrogen-bond acceptors (Lipinski definition) is 5. The van der Waals surface area contributed by atoms with Gasteiger partial charge in [0.2, 0.25) is 0 Å². The second-order valence-corrected chi connectivity index (χ2v) is 6.15. The molecule has 0 spiro atoms. The Balaban J connectivity index is 1.65. The van der Waals surface area contributed by atoms with E-state index in [4.69, 9.17) is 4.74 Å². The van der Waals surface area contributed by atoms with Crippen LogP contribution in [0.5, 0.6) is 5.75 Å². The predicted octanol–water partition coefficient (Wildman–Crippen LogP) is 4.24. The van der Waals surface area contributed by atoms with Crippen LogP contribution in [-0.4, -0.2) is 14.7 Å². The SMILES string of the molecule is CCc1ccc(NC(=O)c2cccc(OCc3nsnc3C)c2)cc1.